The summed E-state index contributed by atoms with van der Waals surface area (Å²) in [7, 11) is 0. The predicted octanol–water partition coefficient (Wildman–Crippen LogP) is 4.96. The van der Waals surface area contributed by atoms with E-state index in [1.807, 2.05) is 55.4 Å². The lowest BCUT2D eigenvalue weighted by Crippen LogP contribution is -2.33. The van der Waals surface area contributed by atoms with E-state index >= 15 is 4.39 Å². The number of hydrogen-bond acceptors (Lipinski definition) is 9. The minimum absolute atomic E-state index is 0.00216. The number of thioether (sulfide) groups is 1. The molecule has 0 spiro atoms. The first-order valence-electron chi connectivity index (χ1n) is 13.2. The fourth-order valence-electron chi connectivity index (χ4n) is 5.01. The molecule has 4 aromatic rings. The minimum Gasteiger partial charge on any atom is -0.326 e. The van der Waals surface area contributed by atoms with E-state index in [9.17, 15) is 4.39 Å². The van der Waals surface area contributed by atoms with E-state index in [1.165, 1.54) is 11.6 Å². The molecule has 9 nitrogen and oxygen atoms in total. The smallest absolute Gasteiger partial charge is 0.229 e. The Morgan fingerprint density at radius 3 is 2.77 bits per heavy atom. The number of nitrogens with zero attached hydrogens (tertiary/aromatic N) is 7. The number of pyridine rings is 1. The Labute approximate surface area is 236 Å². The molecule has 0 fully saturated rings. The van der Waals surface area contributed by atoms with Crippen LogP contribution in [0.5, 0.6) is 0 Å². The average Bonchev–Trinajstić information content (AvgIpc) is 3.28. The maximum Gasteiger partial charge on any atom is 0.229 e. The Morgan fingerprint density at radius 2 is 1.98 bits per heavy atom. The summed E-state index contributed by atoms with van der Waals surface area (Å²) >= 11 is 1.83. The molecule has 40 heavy (non-hydrogen) atoms. The van der Waals surface area contributed by atoms with Gasteiger partial charge in [-0.25, -0.2) is 28.7 Å². The predicted molar refractivity (Wildman–Crippen MR) is 153 cm³/mol. The maximum absolute atomic E-state index is 15.0. The molecule has 2 N–H and O–H groups in total. The van der Waals surface area contributed by atoms with Crippen LogP contribution in [0.15, 0.2) is 30.5 Å². The first kappa shape index (κ1) is 27.7. The number of fused-ring (bicyclic) bond motifs is 2. The van der Waals surface area contributed by atoms with Crippen LogP contribution in [0.4, 0.5) is 20.5 Å². The summed E-state index contributed by atoms with van der Waals surface area (Å²) in [5.74, 6) is 2.19. The van der Waals surface area contributed by atoms with Crippen molar-refractivity contribution in [2.75, 3.05) is 36.5 Å². The summed E-state index contributed by atoms with van der Waals surface area (Å²) in [6, 6.07) is 6.96. The average molecular weight is 564 g/mol. The van der Waals surface area contributed by atoms with Crippen LogP contribution in [-0.2, 0) is 13.0 Å². The lowest BCUT2D eigenvalue weighted by Gasteiger charge is -2.28. The molecule has 5 rings (SSSR count). The van der Waals surface area contributed by atoms with Crippen LogP contribution in [0, 0.1) is 30.0 Å². The summed E-state index contributed by atoms with van der Waals surface area (Å²) in [5, 5.41) is 14.3. The molecule has 208 valence electrons. The molecule has 4 heterocycles. The van der Waals surface area contributed by atoms with Gasteiger partial charge in [-0.1, -0.05) is 6.07 Å². The summed E-state index contributed by atoms with van der Waals surface area (Å²) in [5.41, 5.74) is 3.35. The van der Waals surface area contributed by atoms with Gasteiger partial charge in [0.2, 0.25) is 5.95 Å². The van der Waals surface area contributed by atoms with Gasteiger partial charge in [-0.05, 0) is 44.5 Å². The van der Waals surface area contributed by atoms with Crippen LogP contribution in [-0.4, -0.2) is 60.5 Å². The lowest BCUT2D eigenvalue weighted by atomic mass is 10.1. The minimum atomic E-state index is -0.644. The summed E-state index contributed by atoms with van der Waals surface area (Å²) < 4.78 is 31.8. The molecule has 0 saturated carbocycles. The third-order valence-electron chi connectivity index (χ3n) is 6.83. The van der Waals surface area contributed by atoms with Crippen LogP contribution in [0.2, 0.25) is 0 Å². The quantitative estimate of drug-likeness (QED) is 0.157. The molecule has 1 aromatic carbocycles. The Kier molecular flexibility index (Phi) is 8.42. The highest BCUT2D eigenvalue weighted by molar-refractivity contribution is 7.99. The van der Waals surface area contributed by atoms with Crippen molar-refractivity contribution in [1.29, 1.82) is 5.26 Å². The number of aromatic nitrogens is 5. The summed E-state index contributed by atoms with van der Waals surface area (Å²) in [6.45, 7) is 9.23. The van der Waals surface area contributed by atoms with Crippen molar-refractivity contribution in [3.8, 4) is 17.5 Å². The molecule has 0 bridgehead atoms. The van der Waals surface area contributed by atoms with Crippen LogP contribution >= 0.6 is 11.8 Å². The van der Waals surface area contributed by atoms with Gasteiger partial charge in [0.05, 0.1) is 11.7 Å². The van der Waals surface area contributed by atoms with E-state index < -0.39 is 11.6 Å². The molecule has 0 amide bonds. The highest BCUT2D eigenvalue weighted by Gasteiger charge is 2.20. The molecule has 1 aliphatic rings. The zero-order valence-electron chi connectivity index (χ0n) is 22.7. The molecule has 0 atom stereocenters. The zero-order valence-corrected chi connectivity index (χ0v) is 23.5. The third-order valence-corrected chi connectivity index (χ3v) is 7.79. The van der Waals surface area contributed by atoms with Crippen molar-refractivity contribution in [2.45, 2.75) is 39.8 Å². The van der Waals surface area contributed by atoms with Gasteiger partial charge < -0.3 is 15.2 Å². The number of hydrogen-bond donors (Lipinski definition) is 2. The highest BCUT2D eigenvalue weighted by Crippen LogP contribution is 2.30. The number of halogens is 2. The van der Waals surface area contributed by atoms with Crippen molar-refractivity contribution in [1.82, 2.24) is 34.7 Å². The third kappa shape index (κ3) is 6.00. The normalized spacial score (nSPS) is 13.4. The molecule has 1 aliphatic heterocycles. The second-order valence-electron chi connectivity index (χ2n) is 9.94. The van der Waals surface area contributed by atoms with Crippen LogP contribution < -0.4 is 10.6 Å². The molecule has 0 saturated heterocycles. The number of anilines is 2. The number of nitrogens with one attached hydrogen (secondary N) is 2. The highest BCUT2D eigenvalue weighted by atomic mass is 32.2. The Hall–Kier alpha value is -3.82. The second-order valence-corrected chi connectivity index (χ2v) is 11.2. The van der Waals surface area contributed by atoms with Crippen molar-refractivity contribution < 1.29 is 8.78 Å². The van der Waals surface area contributed by atoms with Crippen molar-refractivity contribution >= 4 is 34.6 Å². The van der Waals surface area contributed by atoms with E-state index in [0.29, 0.717) is 29.3 Å². The lowest BCUT2D eigenvalue weighted by molar-refractivity contribution is 0.268. The first-order chi connectivity index (χ1) is 19.3. The molecule has 0 unspecified atom stereocenters. The van der Waals surface area contributed by atoms with E-state index in [4.69, 9.17) is 10.2 Å². The zero-order chi connectivity index (χ0) is 28.2. The van der Waals surface area contributed by atoms with Crippen molar-refractivity contribution in [2.24, 2.45) is 0 Å². The Balaban J connectivity index is 1.30. The molecule has 12 heteroatoms. The van der Waals surface area contributed by atoms with Gasteiger partial charge in [-0.2, -0.15) is 17.0 Å². The maximum atomic E-state index is 15.0. The number of aryl methyl sites for hydroxylation is 1. The first-order valence-corrected chi connectivity index (χ1v) is 14.4. The Bertz CT molecular complexity index is 1560. The van der Waals surface area contributed by atoms with Gasteiger partial charge in [-0.3, -0.25) is 4.90 Å². The largest absolute Gasteiger partial charge is 0.326 e. The van der Waals surface area contributed by atoms with E-state index in [2.05, 4.69) is 30.5 Å². The van der Waals surface area contributed by atoms with E-state index in [-0.39, 0.29) is 23.2 Å². The number of rotatable bonds is 10. The fourth-order valence-corrected chi connectivity index (χ4v) is 5.85. The Morgan fingerprint density at radius 1 is 1.12 bits per heavy atom. The summed E-state index contributed by atoms with van der Waals surface area (Å²) in [4.78, 5) is 20.0. The van der Waals surface area contributed by atoms with Crippen molar-refractivity contribution in [3.63, 3.8) is 0 Å². The molecular formula is C28H31F2N9S. The van der Waals surface area contributed by atoms with Gasteiger partial charge in [-0.15, -0.1) is 0 Å². The fraction of sp³-hybridized carbons (Fsp3) is 0.393. The standard InChI is InChI=1S/C28H31F2N9S/c1-17(2)39-18(3)34-27-21(29)12-20(13-24(27)39)26-22(30)14-33-28(37-26)36-25-5-4-19-15-38(8-6-23(19)35-25)9-11-40-10-7-32-16-31/h4-5,12-14,17,32H,6-11,15H2,1-3H3,(H,33,35,36,37). The van der Waals surface area contributed by atoms with Crippen LogP contribution in [0.1, 0.15) is 37.0 Å². The van der Waals surface area contributed by atoms with Crippen LogP contribution in [0.3, 0.4) is 0 Å². The SMILES string of the molecule is Cc1nc2c(F)cc(-c3nc(Nc4ccc5c(n4)CCN(CCSCCNC#N)C5)ncc3F)cc2n1C(C)C. The topological polar surface area (TPSA) is 108 Å². The number of imidazole rings is 1. The molecular weight excluding hydrogens is 532 g/mol. The number of benzene rings is 1. The van der Waals surface area contributed by atoms with Gasteiger partial charge in [0, 0.05) is 61.4 Å². The molecule has 3 aromatic heterocycles. The number of nitriles is 1. The van der Waals surface area contributed by atoms with E-state index in [1.54, 1.807) is 6.07 Å². The van der Waals surface area contributed by atoms with Gasteiger partial charge in [0.15, 0.2) is 17.8 Å². The van der Waals surface area contributed by atoms with E-state index in [0.717, 1.165) is 49.5 Å². The van der Waals surface area contributed by atoms with Gasteiger partial charge in [0.1, 0.15) is 22.9 Å². The second kappa shape index (κ2) is 12.1. The van der Waals surface area contributed by atoms with Crippen molar-refractivity contribution in [3.05, 3.63) is 59.2 Å². The summed E-state index contributed by atoms with van der Waals surface area (Å²) in [6.07, 6.45) is 3.85. The van der Waals surface area contributed by atoms with Crippen LogP contribution in [0.25, 0.3) is 22.3 Å². The van der Waals surface area contributed by atoms with Gasteiger partial charge in [0.25, 0.3) is 0 Å². The molecule has 0 radical (unpaired) electrons. The molecule has 0 aliphatic carbocycles. The van der Waals surface area contributed by atoms with Gasteiger partial charge >= 0.3 is 0 Å². The monoisotopic (exact) mass is 563 g/mol.